The number of nitrogens with zero attached hydrogens (tertiary/aromatic N) is 4. The minimum atomic E-state index is 0.627. The van der Waals surface area contributed by atoms with E-state index in [4.69, 9.17) is 9.97 Å². The molecule has 0 spiro atoms. The van der Waals surface area contributed by atoms with Crippen LogP contribution in [0, 0.1) is 0 Å². The largest absolute Gasteiger partial charge is 0.310 e. The van der Waals surface area contributed by atoms with Crippen LogP contribution in [0.5, 0.6) is 0 Å². The normalized spacial score (nSPS) is 11.5. The molecule has 0 amide bonds. The topological polar surface area (TPSA) is 34.0 Å². The number of rotatable bonds is 8. The van der Waals surface area contributed by atoms with Crippen LogP contribution in [0.3, 0.4) is 0 Å². The number of aromatic nitrogens is 3. The van der Waals surface area contributed by atoms with E-state index in [0.717, 1.165) is 66.9 Å². The number of fused-ring (bicyclic) bond motifs is 7. The van der Waals surface area contributed by atoms with Gasteiger partial charge in [0.1, 0.15) is 0 Å². The van der Waals surface area contributed by atoms with Gasteiger partial charge in [-0.05, 0) is 70.8 Å². The highest BCUT2D eigenvalue weighted by atomic mass is 32.1. The lowest BCUT2D eigenvalue weighted by molar-refractivity contribution is 0.998. The predicted molar refractivity (Wildman–Crippen MR) is 266 cm³/mol. The number of anilines is 3. The average Bonchev–Trinajstić information content (AvgIpc) is 3.92. The summed E-state index contributed by atoms with van der Waals surface area (Å²) in [4.78, 5) is 13.3. The van der Waals surface area contributed by atoms with Gasteiger partial charge in [0.25, 0.3) is 0 Å². The van der Waals surface area contributed by atoms with Crippen molar-refractivity contribution < 1.29 is 0 Å². The molecule has 3 heterocycles. The fraction of sp³-hybridized carbons (Fsp3) is 0. The van der Waals surface area contributed by atoms with E-state index in [1.54, 1.807) is 0 Å². The number of hydrogen-bond donors (Lipinski definition) is 0. The Hall–Kier alpha value is -8.12. The Bertz CT molecular complexity index is 3540. The van der Waals surface area contributed by atoms with Gasteiger partial charge < -0.3 is 4.90 Å². The summed E-state index contributed by atoms with van der Waals surface area (Å²) in [6.07, 6.45) is 0. The smallest absolute Gasteiger partial charge is 0.235 e. The number of benzene rings is 9. The molecule has 0 aliphatic rings. The maximum Gasteiger partial charge on any atom is 0.235 e. The zero-order chi connectivity index (χ0) is 41.7. The van der Waals surface area contributed by atoms with E-state index in [9.17, 15) is 0 Å². The van der Waals surface area contributed by atoms with E-state index in [0.29, 0.717) is 5.95 Å². The first-order valence-electron chi connectivity index (χ1n) is 21.2. The fourth-order valence-electron chi connectivity index (χ4n) is 9.07. The monoisotopic (exact) mass is 822 g/mol. The van der Waals surface area contributed by atoms with Crippen LogP contribution in [0.4, 0.5) is 17.1 Å². The van der Waals surface area contributed by atoms with Crippen molar-refractivity contribution in [2.45, 2.75) is 0 Å². The summed E-state index contributed by atoms with van der Waals surface area (Å²) in [5.41, 5.74) is 13.8. The molecule has 296 valence electrons. The van der Waals surface area contributed by atoms with Crippen molar-refractivity contribution in [3.05, 3.63) is 231 Å². The second-order valence-corrected chi connectivity index (χ2v) is 16.8. The van der Waals surface area contributed by atoms with Gasteiger partial charge in [0, 0.05) is 48.7 Å². The summed E-state index contributed by atoms with van der Waals surface area (Å²) >= 11 is 1.83. The van der Waals surface area contributed by atoms with Gasteiger partial charge in [0.15, 0.2) is 0 Å². The fourth-order valence-corrected chi connectivity index (χ4v) is 10.3. The van der Waals surface area contributed by atoms with Gasteiger partial charge in [-0.15, -0.1) is 11.3 Å². The second kappa shape index (κ2) is 15.4. The van der Waals surface area contributed by atoms with E-state index >= 15 is 0 Å². The van der Waals surface area contributed by atoms with Gasteiger partial charge in [-0.25, -0.2) is 9.97 Å². The second-order valence-electron chi connectivity index (χ2n) is 15.8. The molecular formula is C58H38N4S. The Morgan fingerprint density at radius 2 is 0.921 bits per heavy atom. The molecule has 0 radical (unpaired) electrons. The van der Waals surface area contributed by atoms with Crippen molar-refractivity contribution in [3.8, 4) is 50.7 Å². The van der Waals surface area contributed by atoms with E-state index in [2.05, 4.69) is 228 Å². The van der Waals surface area contributed by atoms with Crippen molar-refractivity contribution in [1.29, 1.82) is 0 Å². The zero-order valence-electron chi connectivity index (χ0n) is 34.1. The van der Waals surface area contributed by atoms with Crippen LogP contribution in [0.15, 0.2) is 231 Å². The van der Waals surface area contributed by atoms with E-state index < -0.39 is 0 Å². The molecule has 0 fully saturated rings. The van der Waals surface area contributed by atoms with E-state index in [-0.39, 0.29) is 0 Å². The number of hydrogen-bond acceptors (Lipinski definition) is 4. The first-order valence-corrected chi connectivity index (χ1v) is 22.1. The summed E-state index contributed by atoms with van der Waals surface area (Å²) in [5, 5.41) is 4.73. The van der Waals surface area contributed by atoms with Crippen LogP contribution < -0.4 is 4.90 Å². The highest BCUT2D eigenvalue weighted by molar-refractivity contribution is 7.26. The van der Waals surface area contributed by atoms with Crippen LogP contribution >= 0.6 is 11.3 Å². The first-order chi connectivity index (χ1) is 31.2. The molecule has 9 aromatic carbocycles. The van der Waals surface area contributed by atoms with Gasteiger partial charge >= 0.3 is 0 Å². The van der Waals surface area contributed by atoms with Crippen molar-refractivity contribution in [3.63, 3.8) is 0 Å². The zero-order valence-corrected chi connectivity index (χ0v) is 35.0. The van der Waals surface area contributed by atoms with Crippen molar-refractivity contribution in [2.24, 2.45) is 0 Å². The third-order valence-electron chi connectivity index (χ3n) is 12.0. The van der Waals surface area contributed by atoms with Gasteiger partial charge in [0.05, 0.1) is 32.8 Å². The first kappa shape index (κ1) is 36.7. The highest BCUT2D eigenvalue weighted by Gasteiger charge is 2.25. The molecular weight excluding hydrogens is 785 g/mol. The van der Waals surface area contributed by atoms with Crippen LogP contribution in [0.2, 0.25) is 0 Å². The number of thiophene rings is 1. The molecule has 3 aromatic heterocycles. The molecule has 0 saturated heterocycles. The molecule has 0 bridgehead atoms. The highest BCUT2D eigenvalue weighted by Crippen LogP contribution is 2.48. The summed E-state index contributed by atoms with van der Waals surface area (Å²) in [7, 11) is 0. The van der Waals surface area contributed by atoms with Crippen LogP contribution in [0.25, 0.3) is 92.7 Å². The Morgan fingerprint density at radius 3 is 1.59 bits per heavy atom. The molecule has 0 unspecified atom stereocenters. The lowest BCUT2D eigenvalue weighted by Crippen LogP contribution is -2.10. The van der Waals surface area contributed by atoms with E-state index in [1.165, 1.54) is 36.9 Å². The maximum atomic E-state index is 5.45. The lowest BCUT2D eigenvalue weighted by Gasteiger charge is -2.27. The van der Waals surface area contributed by atoms with Crippen LogP contribution in [-0.2, 0) is 0 Å². The van der Waals surface area contributed by atoms with Gasteiger partial charge in [-0.1, -0.05) is 182 Å². The summed E-state index contributed by atoms with van der Waals surface area (Å²) in [6.45, 7) is 0. The van der Waals surface area contributed by atoms with Crippen LogP contribution in [0.1, 0.15) is 0 Å². The quantitative estimate of drug-likeness (QED) is 0.153. The maximum absolute atomic E-state index is 5.45. The molecule has 0 saturated carbocycles. The molecule has 0 aliphatic carbocycles. The standard InChI is InChI=1S/C58H38N4S/c1-5-17-39(18-6-1)41-31-33-45(34-32-41)61(46-26-15-25-44(37-46)40-19-7-2-8-20-40)52-28-16-29-53-55(52)49-36-35-48-47-27-13-14-30-54(47)63-57(48)56(49)62(53)58-59-50(42-21-9-3-10-22-42)38-51(60-58)43-23-11-4-12-24-43/h1-38H. The molecule has 5 heteroatoms. The third kappa shape index (κ3) is 6.46. The molecule has 0 atom stereocenters. The third-order valence-corrected chi connectivity index (χ3v) is 13.2. The summed E-state index contributed by atoms with van der Waals surface area (Å²) in [5.74, 6) is 0.627. The van der Waals surface area contributed by atoms with Crippen LogP contribution in [-0.4, -0.2) is 14.5 Å². The Balaban J connectivity index is 1.17. The average molecular weight is 823 g/mol. The summed E-state index contributed by atoms with van der Waals surface area (Å²) < 4.78 is 4.77. The lowest BCUT2D eigenvalue weighted by atomic mass is 10.0. The molecule has 12 aromatic rings. The Morgan fingerprint density at radius 1 is 0.381 bits per heavy atom. The minimum Gasteiger partial charge on any atom is -0.310 e. The Labute approximate surface area is 369 Å². The summed E-state index contributed by atoms with van der Waals surface area (Å²) in [6, 6.07) is 82.1. The molecule has 12 rings (SSSR count). The molecule has 63 heavy (non-hydrogen) atoms. The molecule has 0 N–H and O–H groups in total. The Kier molecular flexibility index (Phi) is 8.98. The van der Waals surface area contributed by atoms with Crippen molar-refractivity contribution >= 4 is 70.4 Å². The van der Waals surface area contributed by atoms with Gasteiger partial charge in [-0.2, -0.15) is 0 Å². The van der Waals surface area contributed by atoms with Crippen molar-refractivity contribution in [2.75, 3.05) is 4.90 Å². The molecule has 4 nitrogen and oxygen atoms in total. The minimum absolute atomic E-state index is 0.627. The SMILES string of the molecule is c1ccc(-c2ccc(N(c3cccc(-c4ccccc4)c3)c3cccc4c3c3ccc5c6ccccc6sc5c3n4-c3nc(-c4ccccc4)cc(-c4ccccc4)n3)cc2)cc1. The van der Waals surface area contributed by atoms with Gasteiger partial charge in [-0.3, -0.25) is 4.57 Å². The van der Waals surface area contributed by atoms with Gasteiger partial charge in [0.2, 0.25) is 5.95 Å². The van der Waals surface area contributed by atoms with Crippen molar-refractivity contribution in [1.82, 2.24) is 14.5 Å². The molecule has 0 aliphatic heterocycles. The predicted octanol–water partition coefficient (Wildman–Crippen LogP) is 16.1. The van der Waals surface area contributed by atoms with E-state index in [1.807, 2.05) is 23.5 Å².